The number of nitrogens with zero attached hydrogens (tertiary/aromatic N) is 5. The smallest absolute Gasteiger partial charge is 0.194 e. The molecule has 1 aliphatic heterocycles. The van der Waals surface area contributed by atoms with E-state index in [0.717, 1.165) is 42.7 Å². The summed E-state index contributed by atoms with van der Waals surface area (Å²) in [6, 6.07) is 0.428. The third-order valence-corrected chi connectivity index (χ3v) is 5.90. The van der Waals surface area contributed by atoms with Crippen LogP contribution >= 0.6 is 35.3 Å². The van der Waals surface area contributed by atoms with E-state index in [9.17, 15) is 0 Å². The molecule has 2 aromatic rings. The molecule has 3 heterocycles. The first-order chi connectivity index (χ1) is 12.4. The van der Waals surface area contributed by atoms with Gasteiger partial charge in [-0.3, -0.25) is 4.99 Å². The summed E-state index contributed by atoms with van der Waals surface area (Å²) in [5.41, 5.74) is 1.25. The van der Waals surface area contributed by atoms with Gasteiger partial charge in [0.2, 0.25) is 0 Å². The number of likely N-dealkylation sites (tertiary alicyclic amines) is 1. The molecule has 6 nitrogen and oxygen atoms in total. The zero-order chi connectivity index (χ0) is 18.7. The summed E-state index contributed by atoms with van der Waals surface area (Å²) >= 11 is 1.72. The number of aromatic nitrogens is 3. The lowest BCUT2D eigenvalue weighted by atomic mass is 9.93. The van der Waals surface area contributed by atoms with Crippen LogP contribution in [-0.2, 0) is 12.0 Å². The van der Waals surface area contributed by atoms with E-state index in [1.54, 1.807) is 11.3 Å². The number of thiazole rings is 1. The Balaban J connectivity index is 0.00000261. The highest BCUT2D eigenvalue weighted by Gasteiger charge is 2.29. The van der Waals surface area contributed by atoms with Gasteiger partial charge < -0.3 is 14.8 Å². The molecule has 1 aliphatic rings. The quantitative estimate of drug-likeness (QED) is 0.393. The number of rotatable bonds is 3. The van der Waals surface area contributed by atoms with Crippen molar-refractivity contribution in [3.63, 3.8) is 0 Å². The van der Waals surface area contributed by atoms with E-state index in [1.165, 1.54) is 0 Å². The average Bonchev–Trinajstić information content (AvgIpc) is 3.27. The molecule has 1 saturated heterocycles. The number of imidazole rings is 1. The fourth-order valence-corrected chi connectivity index (χ4v) is 4.28. The van der Waals surface area contributed by atoms with Crippen molar-refractivity contribution in [2.24, 2.45) is 10.9 Å². The number of aliphatic imine (C=N–C) groups is 1. The lowest BCUT2D eigenvalue weighted by molar-refractivity contribution is 0.189. The first-order valence-electron chi connectivity index (χ1n) is 9.26. The monoisotopic (exact) mass is 502 g/mol. The Morgan fingerprint density at radius 2 is 2.19 bits per heavy atom. The highest BCUT2D eigenvalue weighted by atomic mass is 127. The second-order valence-electron chi connectivity index (χ2n) is 8.07. The van der Waals surface area contributed by atoms with E-state index in [1.807, 2.05) is 19.6 Å². The molecule has 0 aliphatic carbocycles. The number of guanidine groups is 1. The Morgan fingerprint density at radius 3 is 2.78 bits per heavy atom. The first-order valence-corrected chi connectivity index (χ1v) is 10.1. The van der Waals surface area contributed by atoms with Crippen molar-refractivity contribution in [1.29, 1.82) is 0 Å². The van der Waals surface area contributed by atoms with Gasteiger partial charge in [-0.1, -0.05) is 27.7 Å². The van der Waals surface area contributed by atoms with Crippen LogP contribution in [0.25, 0.3) is 0 Å². The van der Waals surface area contributed by atoms with E-state index in [4.69, 9.17) is 4.98 Å². The highest BCUT2D eigenvalue weighted by molar-refractivity contribution is 14.0. The van der Waals surface area contributed by atoms with Crippen LogP contribution in [0.15, 0.2) is 29.1 Å². The van der Waals surface area contributed by atoms with Crippen LogP contribution in [-0.4, -0.2) is 45.5 Å². The molecule has 0 radical (unpaired) electrons. The average molecular weight is 502 g/mol. The molecular formula is C19H31IN6S. The predicted octanol–water partition coefficient (Wildman–Crippen LogP) is 3.91. The number of hydrogen-bond acceptors (Lipinski definition) is 4. The topological polar surface area (TPSA) is 58.3 Å². The minimum absolute atomic E-state index is 0. The largest absolute Gasteiger partial charge is 0.350 e. The third-order valence-electron chi connectivity index (χ3n) is 5.06. The Labute approximate surface area is 183 Å². The fourth-order valence-electron chi connectivity index (χ4n) is 3.32. The summed E-state index contributed by atoms with van der Waals surface area (Å²) < 4.78 is 2.22. The van der Waals surface area contributed by atoms with Crippen molar-refractivity contribution in [2.45, 2.75) is 52.1 Å². The molecule has 0 amide bonds. The summed E-state index contributed by atoms with van der Waals surface area (Å²) in [5.74, 6) is 1.58. The van der Waals surface area contributed by atoms with Gasteiger partial charge in [-0.2, -0.15) is 0 Å². The molecule has 1 N–H and O–H groups in total. The first kappa shape index (κ1) is 22.1. The van der Waals surface area contributed by atoms with Gasteiger partial charge in [0, 0.05) is 43.3 Å². The maximum absolute atomic E-state index is 4.77. The van der Waals surface area contributed by atoms with Crippen LogP contribution in [0.2, 0.25) is 0 Å². The highest BCUT2D eigenvalue weighted by Crippen LogP contribution is 2.27. The maximum Gasteiger partial charge on any atom is 0.194 e. The molecule has 2 unspecified atom stereocenters. The maximum atomic E-state index is 4.77. The molecule has 2 atom stereocenters. The van der Waals surface area contributed by atoms with Crippen molar-refractivity contribution in [1.82, 2.24) is 24.8 Å². The zero-order valence-electron chi connectivity index (χ0n) is 16.8. The Bertz CT molecular complexity index is 734. The zero-order valence-corrected chi connectivity index (χ0v) is 20.0. The van der Waals surface area contributed by atoms with Crippen molar-refractivity contribution in [2.75, 3.05) is 20.1 Å². The Kier molecular flexibility index (Phi) is 7.67. The number of hydrogen-bond donors (Lipinski definition) is 1. The summed E-state index contributed by atoms with van der Waals surface area (Å²) in [4.78, 5) is 15.8. The molecule has 0 bridgehead atoms. The second kappa shape index (κ2) is 9.36. The van der Waals surface area contributed by atoms with Gasteiger partial charge in [-0.25, -0.2) is 9.97 Å². The van der Waals surface area contributed by atoms with E-state index in [-0.39, 0.29) is 29.4 Å². The van der Waals surface area contributed by atoms with Crippen LogP contribution in [0.5, 0.6) is 0 Å². The molecule has 2 aromatic heterocycles. The molecule has 1 fully saturated rings. The summed E-state index contributed by atoms with van der Waals surface area (Å²) in [6.45, 7) is 11.6. The van der Waals surface area contributed by atoms with E-state index < -0.39 is 0 Å². The summed E-state index contributed by atoms with van der Waals surface area (Å²) in [7, 11) is 1.86. The van der Waals surface area contributed by atoms with Crippen LogP contribution in [0.3, 0.4) is 0 Å². The minimum Gasteiger partial charge on any atom is -0.350 e. The molecule has 8 heteroatoms. The van der Waals surface area contributed by atoms with Gasteiger partial charge in [0.25, 0.3) is 0 Å². The van der Waals surface area contributed by atoms with Crippen LogP contribution in [0.4, 0.5) is 0 Å². The normalized spacial score (nSPS) is 21.1. The van der Waals surface area contributed by atoms with Crippen LogP contribution < -0.4 is 5.32 Å². The molecule has 3 rings (SSSR count). The summed E-state index contributed by atoms with van der Waals surface area (Å²) in [6.07, 6.45) is 6.98. The Morgan fingerprint density at radius 1 is 1.41 bits per heavy atom. The van der Waals surface area contributed by atoms with Gasteiger partial charge in [-0.15, -0.1) is 35.3 Å². The second-order valence-corrected chi connectivity index (χ2v) is 9.01. The van der Waals surface area contributed by atoms with Crippen molar-refractivity contribution in [3.8, 4) is 0 Å². The van der Waals surface area contributed by atoms with Crippen LogP contribution in [0, 0.1) is 5.92 Å². The SMILES string of the molecule is CN=C(NCc1nc(C(C)(C)C)cs1)N1CCC(C)C(n2ccnc2)C1.I. The molecular weight excluding hydrogens is 471 g/mol. The molecule has 27 heavy (non-hydrogen) atoms. The van der Waals surface area contributed by atoms with E-state index >= 15 is 0 Å². The van der Waals surface area contributed by atoms with Crippen molar-refractivity contribution in [3.05, 3.63) is 34.8 Å². The van der Waals surface area contributed by atoms with Crippen molar-refractivity contribution < 1.29 is 0 Å². The Hall–Kier alpha value is -1.16. The fraction of sp³-hybridized carbons (Fsp3) is 0.632. The van der Waals surface area contributed by atoms with Gasteiger partial charge in [0.1, 0.15) is 5.01 Å². The standard InChI is InChI=1S/C19H30N6S.HI/c1-14-6-8-24(11-15(14)25-9-7-21-13-25)18(20-5)22-10-17-23-16(12-26-17)19(2,3)4;/h7,9,12-15H,6,8,10-11H2,1-5H3,(H,20,22);1H. The number of nitrogens with one attached hydrogen (secondary N) is 1. The number of halogens is 1. The van der Waals surface area contributed by atoms with Gasteiger partial charge in [0.05, 0.1) is 24.6 Å². The van der Waals surface area contributed by atoms with Crippen molar-refractivity contribution >= 4 is 41.3 Å². The van der Waals surface area contributed by atoms with E-state index in [2.05, 4.69) is 64.0 Å². The summed E-state index contributed by atoms with van der Waals surface area (Å²) in [5, 5.41) is 6.77. The minimum atomic E-state index is 0. The lowest BCUT2D eigenvalue weighted by Crippen LogP contribution is -2.48. The lowest BCUT2D eigenvalue weighted by Gasteiger charge is -2.39. The molecule has 0 aromatic carbocycles. The molecule has 0 saturated carbocycles. The predicted molar refractivity (Wildman–Crippen MR) is 123 cm³/mol. The van der Waals surface area contributed by atoms with Gasteiger partial charge in [0.15, 0.2) is 5.96 Å². The van der Waals surface area contributed by atoms with Gasteiger partial charge in [-0.05, 0) is 12.3 Å². The molecule has 150 valence electrons. The van der Waals surface area contributed by atoms with Crippen LogP contribution in [0.1, 0.15) is 50.9 Å². The third kappa shape index (κ3) is 5.43. The molecule has 0 spiro atoms. The van der Waals surface area contributed by atoms with Gasteiger partial charge >= 0.3 is 0 Å². The van der Waals surface area contributed by atoms with E-state index in [0.29, 0.717) is 12.0 Å². The number of piperidine rings is 1.